The molecule has 1 heterocycles. The standard InChI is InChI=1S/C9H11BFNO4S/c11-6-1-2-8(10(13)14)9(3-6)12-7-4-17(15,16)5-7/h1-3,7,12-14H,4-5H2. The molecule has 1 aliphatic heterocycles. The zero-order valence-corrected chi connectivity index (χ0v) is 9.61. The molecule has 92 valence electrons. The Morgan fingerprint density at radius 1 is 1.35 bits per heavy atom. The lowest BCUT2D eigenvalue weighted by Crippen LogP contribution is -2.48. The first-order chi connectivity index (χ1) is 7.87. The van der Waals surface area contributed by atoms with Crippen molar-refractivity contribution in [3.05, 3.63) is 24.0 Å². The monoisotopic (exact) mass is 259 g/mol. The summed E-state index contributed by atoms with van der Waals surface area (Å²) in [6.07, 6.45) is 0. The zero-order valence-electron chi connectivity index (χ0n) is 8.80. The predicted octanol–water partition coefficient (Wildman–Crippen LogP) is -1.29. The van der Waals surface area contributed by atoms with E-state index in [1.807, 2.05) is 0 Å². The van der Waals surface area contributed by atoms with Gasteiger partial charge in [-0.1, -0.05) is 6.07 Å². The third kappa shape index (κ3) is 2.77. The first kappa shape index (κ1) is 12.3. The first-order valence-corrected chi connectivity index (χ1v) is 6.82. The smallest absolute Gasteiger partial charge is 0.423 e. The van der Waals surface area contributed by atoms with Gasteiger partial charge in [0.25, 0.3) is 0 Å². The summed E-state index contributed by atoms with van der Waals surface area (Å²) in [4.78, 5) is 0. The van der Waals surface area contributed by atoms with Crippen LogP contribution in [-0.4, -0.2) is 43.1 Å². The van der Waals surface area contributed by atoms with Gasteiger partial charge < -0.3 is 15.4 Å². The average molecular weight is 259 g/mol. The van der Waals surface area contributed by atoms with Gasteiger partial charge >= 0.3 is 7.12 Å². The summed E-state index contributed by atoms with van der Waals surface area (Å²) >= 11 is 0. The number of hydrogen-bond donors (Lipinski definition) is 3. The minimum Gasteiger partial charge on any atom is -0.423 e. The molecule has 0 bridgehead atoms. The molecule has 0 spiro atoms. The van der Waals surface area contributed by atoms with Crippen LogP contribution in [0.3, 0.4) is 0 Å². The Kier molecular flexibility index (Phi) is 3.11. The van der Waals surface area contributed by atoms with Crippen molar-refractivity contribution in [1.29, 1.82) is 0 Å². The first-order valence-electron chi connectivity index (χ1n) is 5.00. The lowest BCUT2D eigenvalue weighted by atomic mass is 9.79. The van der Waals surface area contributed by atoms with Gasteiger partial charge in [0.15, 0.2) is 9.84 Å². The van der Waals surface area contributed by atoms with E-state index in [0.29, 0.717) is 0 Å². The van der Waals surface area contributed by atoms with E-state index in [4.69, 9.17) is 10.0 Å². The van der Waals surface area contributed by atoms with Crippen LogP contribution < -0.4 is 10.8 Å². The van der Waals surface area contributed by atoms with Gasteiger partial charge in [-0.2, -0.15) is 0 Å². The van der Waals surface area contributed by atoms with E-state index >= 15 is 0 Å². The number of benzene rings is 1. The minimum atomic E-state index is -2.98. The second-order valence-electron chi connectivity index (χ2n) is 4.02. The number of nitrogens with one attached hydrogen (secondary N) is 1. The highest BCUT2D eigenvalue weighted by Crippen LogP contribution is 2.17. The summed E-state index contributed by atoms with van der Waals surface area (Å²) < 4.78 is 34.9. The quantitative estimate of drug-likeness (QED) is 0.588. The van der Waals surface area contributed by atoms with Gasteiger partial charge in [-0.15, -0.1) is 0 Å². The molecule has 0 aromatic heterocycles. The van der Waals surface area contributed by atoms with E-state index in [9.17, 15) is 12.8 Å². The van der Waals surface area contributed by atoms with Crippen LogP contribution in [-0.2, 0) is 9.84 Å². The molecule has 1 fully saturated rings. The summed E-state index contributed by atoms with van der Waals surface area (Å²) in [5, 5.41) is 20.9. The Morgan fingerprint density at radius 3 is 2.53 bits per heavy atom. The van der Waals surface area contributed by atoms with E-state index in [-0.39, 0.29) is 28.7 Å². The second kappa shape index (κ2) is 4.28. The molecule has 0 amide bonds. The molecule has 0 atom stereocenters. The topological polar surface area (TPSA) is 86.6 Å². The van der Waals surface area contributed by atoms with Gasteiger partial charge in [-0.3, -0.25) is 0 Å². The van der Waals surface area contributed by atoms with Crippen molar-refractivity contribution in [2.75, 3.05) is 16.8 Å². The van der Waals surface area contributed by atoms with Gasteiger partial charge in [0, 0.05) is 11.2 Å². The van der Waals surface area contributed by atoms with Crippen molar-refractivity contribution in [3.63, 3.8) is 0 Å². The molecule has 1 aliphatic rings. The molecule has 2 rings (SSSR count). The molecule has 8 heteroatoms. The average Bonchev–Trinajstić information content (AvgIpc) is 2.14. The van der Waals surface area contributed by atoms with Crippen molar-refractivity contribution >= 4 is 28.1 Å². The molecule has 0 saturated carbocycles. The molecule has 5 nitrogen and oxygen atoms in total. The van der Waals surface area contributed by atoms with Crippen molar-refractivity contribution in [2.45, 2.75) is 6.04 Å². The van der Waals surface area contributed by atoms with Crippen molar-refractivity contribution in [3.8, 4) is 0 Å². The minimum absolute atomic E-state index is 0.0233. The molecular weight excluding hydrogens is 248 g/mol. The Bertz CT molecular complexity index is 522. The maximum absolute atomic E-state index is 13.0. The largest absolute Gasteiger partial charge is 0.490 e. The molecule has 0 aliphatic carbocycles. The van der Waals surface area contributed by atoms with Crippen LogP contribution in [0.5, 0.6) is 0 Å². The van der Waals surface area contributed by atoms with E-state index in [2.05, 4.69) is 5.32 Å². The lowest BCUT2D eigenvalue weighted by Gasteiger charge is -2.28. The fourth-order valence-corrected chi connectivity index (χ4v) is 3.04. The van der Waals surface area contributed by atoms with Crippen LogP contribution in [0.2, 0.25) is 0 Å². The summed E-state index contributed by atoms with van der Waals surface area (Å²) in [5.74, 6) is -0.575. The van der Waals surface area contributed by atoms with Crippen molar-refractivity contribution in [1.82, 2.24) is 0 Å². The molecule has 1 saturated heterocycles. The maximum atomic E-state index is 13.0. The molecule has 1 aromatic rings. The van der Waals surface area contributed by atoms with Crippen LogP contribution in [0, 0.1) is 5.82 Å². The van der Waals surface area contributed by atoms with Gasteiger partial charge in [0.2, 0.25) is 0 Å². The highest BCUT2D eigenvalue weighted by atomic mass is 32.2. The Morgan fingerprint density at radius 2 is 2.00 bits per heavy atom. The summed E-state index contributed by atoms with van der Waals surface area (Å²) in [5.41, 5.74) is 0.329. The van der Waals surface area contributed by atoms with Crippen LogP contribution in [0.4, 0.5) is 10.1 Å². The van der Waals surface area contributed by atoms with Gasteiger partial charge in [-0.05, 0) is 12.1 Å². The van der Waals surface area contributed by atoms with Crippen LogP contribution >= 0.6 is 0 Å². The highest BCUT2D eigenvalue weighted by molar-refractivity contribution is 7.92. The van der Waals surface area contributed by atoms with Crippen LogP contribution in [0.15, 0.2) is 18.2 Å². The number of anilines is 1. The van der Waals surface area contributed by atoms with Gasteiger partial charge in [-0.25, -0.2) is 12.8 Å². The zero-order chi connectivity index (χ0) is 12.6. The van der Waals surface area contributed by atoms with Crippen LogP contribution in [0.1, 0.15) is 0 Å². The molecule has 0 radical (unpaired) electrons. The molecular formula is C9H11BFNO4S. The van der Waals surface area contributed by atoms with E-state index in [0.717, 1.165) is 12.1 Å². The third-order valence-corrected chi connectivity index (χ3v) is 4.38. The highest BCUT2D eigenvalue weighted by Gasteiger charge is 2.34. The Hall–Kier alpha value is -1.12. The second-order valence-corrected chi connectivity index (χ2v) is 6.18. The predicted molar refractivity (Wildman–Crippen MR) is 62.3 cm³/mol. The van der Waals surface area contributed by atoms with Crippen LogP contribution in [0.25, 0.3) is 0 Å². The lowest BCUT2D eigenvalue weighted by molar-refractivity contribution is 0.426. The number of hydrogen-bond acceptors (Lipinski definition) is 5. The summed E-state index contributed by atoms with van der Waals surface area (Å²) in [7, 11) is -4.70. The van der Waals surface area contributed by atoms with Crippen molar-refractivity contribution < 1.29 is 22.9 Å². The number of rotatable bonds is 3. The van der Waals surface area contributed by atoms with E-state index in [1.165, 1.54) is 6.07 Å². The Balaban J connectivity index is 2.17. The Labute approximate surface area is 98.3 Å². The number of halogens is 1. The van der Waals surface area contributed by atoms with E-state index < -0.39 is 22.8 Å². The SMILES string of the molecule is O=S1(=O)CC(Nc2cc(F)ccc2B(O)O)C1. The normalized spacial score (nSPS) is 18.5. The van der Waals surface area contributed by atoms with Gasteiger partial charge in [0.05, 0.1) is 17.5 Å². The van der Waals surface area contributed by atoms with Crippen molar-refractivity contribution in [2.24, 2.45) is 0 Å². The fraction of sp³-hybridized carbons (Fsp3) is 0.333. The van der Waals surface area contributed by atoms with Gasteiger partial charge in [0.1, 0.15) is 5.82 Å². The summed E-state index contributed by atoms with van der Waals surface area (Å²) in [6, 6.07) is 3.16. The fourth-order valence-electron chi connectivity index (χ4n) is 1.75. The maximum Gasteiger partial charge on any atom is 0.490 e. The summed E-state index contributed by atoms with van der Waals surface area (Å²) in [6.45, 7) is 0. The third-order valence-electron chi connectivity index (χ3n) is 2.56. The molecule has 3 N–H and O–H groups in total. The molecule has 17 heavy (non-hydrogen) atoms. The van der Waals surface area contributed by atoms with E-state index in [1.54, 1.807) is 0 Å². The molecule has 0 unspecified atom stereocenters. The molecule has 1 aromatic carbocycles. The number of sulfone groups is 1.